The van der Waals surface area contributed by atoms with Gasteiger partial charge < -0.3 is 24.6 Å². The Balaban J connectivity index is 1.57. The number of rotatable bonds is 7. The summed E-state index contributed by atoms with van der Waals surface area (Å²) in [5, 5.41) is 21.3. The van der Waals surface area contributed by atoms with Gasteiger partial charge in [-0.05, 0) is 75.2 Å². The maximum Gasteiger partial charge on any atom is 0.348 e. The molecule has 1 atom stereocenters. The molecule has 1 amide bonds. The van der Waals surface area contributed by atoms with Gasteiger partial charge in [0.2, 0.25) is 5.91 Å². The smallest absolute Gasteiger partial charge is 0.348 e. The first kappa shape index (κ1) is 27.6. The summed E-state index contributed by atoms with van der Waals surface area (Å²) in [6, 6.07) is 1.80. The highest BCUT2D eigenvalue weighted by Crippen LogP contribution is 2.43. The minimum absolute atomic E-state index is 0.0401. The molecule has 3 aliphatic rings. The van der Waals surface area contributed by atoms with Crippen molar-refractivity contribution in [1.29, 1.82) is 0 Å². The molecule has 0 bridgehead atoms. The van der Waals surface area contributed by atoms with Crippen molar-refractivity contribution in [2.75, 3.05) is 24.7 Å². The highest BCUT2D eigenvalue weighted by Gasteiger charge is 2.41. The van der Waals surface area contributed by atoms with E-state index in [4.69, 9.17) is 9.47 Å². The number of carbonyl (C=O) groups is 2. The Morgan fingerprint density at radius 3 is 2.36 bits per heavy atom. The molecule has 1 aromatic heterocycles. The van der Waals surface area contributed by atoms with Crippen molar-refractivity contribution >= 4 is 28.9 Å². The summed E-state index contributed by atoms with van der Waals surface area (Å²) in [7, 11) is 0. The lowest BCUT2D eigenvalue weighted by Crippen LogP contribution is -2.50. The fourth-order valence-electron chi connectivity index (χ4n) is 5.74. The monoisotopic (exact) mass is 521 g/mol. The van der Waals surface area contributed by atoms with Gasteiger partial charge in [0.25, 0.3) is 0 Å². The second-order valence-electron chi connectivity index (χ2n) is 12.3. The minimum atomic E-state index is -0.986. The lowest BCUT2D eigenvalue weighted by atomic mass is 9.79. The lowest BCUT2D eigenvalue weighted by Gasteiger charge is -2.42. The van der Waals surface area contributed by atoms with Gasteiger partial charge >= 0.3 is 5.97 Å². The van der Waals surface area contributed by atoms with Crippen molar-refractivity contribution < 1.29 is 29.3 Å². The van der Waals surface area contributed by atoms with Gasteiger partial charge in [-0.2, -0.15) is 0 Å². The summed E-state index contributed by atoms with van der Waals surface area (Å²) >= 11 is 1.28. The molecule has 7 nitrogen and oxygen atoms in total. The molecule has 1 aromatic rings. The quantitative estimate of drug-likeness (QED) is 0.500. The first-order chi connectivity index (χ1) is 17.0. The maximum atomic E-state index is 14.0. The second-order valence-corrected chi connectivity index (χ2v) is 13.3. The van der Waals surface area contributed by atoms with E-state index in [0.29, 0.717) is 50.5 Å². The number of carboxylic acids is 1. The summed E-state index contributed by atoms with van der Waals surface area (Å²) < 4.78 is 11.3. The third-order valence-electron chi connectivity index (χ3n) is 8.23. The van der Waals surface area contributed by atoms with E-state index in [0.717, 1.165) is 37.0 Å². The number of anilines is 1. The molecule has 0 aromatic carbocycles. The maximum absolute atomic E-state index is 14.0. The molecule has 2 N–H and O–H groups in total. The van der Waals surface area contributed by atoms with Crippen molar-refractivity contribution in [2.45, 2.75) is 109 Å². The van der Waals surface area contributed by atoms with E-state index >= 15 is 0 Å². The average Bonchev–Trinajstić information content (AvgIpc) is 3.50. The summed E-state index contributed by atoms with van der Waals surface area (Å²) in [5.41, 5.74) is -0.596. The third-order valence-corrected chi connectivity index (χ3v) is 9.77. The second kappa shape index (κ2) is 11.1. The molecule has 0 radical (unpaired) electrons. The average molecular weight is 522 g/mol. The van der Waals surface area contributed by atoms with Gasteiger partial charge in [0, 0.05) is 23.4 Å². The van der Waals surface area contributed by atoms with Crippen LogP contribution in [0, 0.1) is 11.8 Å². The standard InChI is InChI=1S/C28H43NO6S/c1-18-5-7-19(8-6-18)25(30)29(22-15-23(27(2,3)4)36-24(22)26(31)32)20-9-12-28(33,13-10-20)17-35-21-11-14-34-16-21/h15,18-21,33H,5-14,16-17H2,1-4H3,(H,31,32)/t18-,19-,20-,21-,28-/m0/s1. The Hall–Kier alpha value is -1.48. The van der Waals surface area contributed by atoms with E-state index in [-0.39, 0.29) is 40.9 Å². The van der Waals surface area contributed by atoms with E-state index in [2.05, 4.69) is 27.7 Å². The topological polar surface area (TPSA) is 96.3 Å². The molecule has 2 aliphatic carbocycles. The fraction of sp³-hybridized carbons (Fsp3) is 0.786. The summed E-state index contributed by atoms with van der Waals surface area (Å²) in [4.78, 5) is 29.4. The normalized spacial score (nSPS) is 31.4. The van der Waals surface area contributed by atoms with Crippen LogP contribution in [0.25, 0.3) is 0 Å². The fourth-order valence-corrected chi connectivity index (χ4v) is 6.79. The van der Waals surface area contributed by atoms with Gasteiger partial charge in [0.1, 0.15) is 4.88 Å². The van der Waals surface area contributed by atoms with E-state index in [1.807, 2.05) is 11.0 Å². The number of carboxylic acid groups (broad SMARTS) is 1. The molecular formula is C28H43NO6S. The molecule has 36 heavy (non-hydrogen) atoms. The van der Waals surface area contributed by atoms with Crippen LogP contribution in [0.5, 0.6) is 0 Å². The van der Waals surface area contributed by atoms with Gasteiger partial charge in [-0.1, -0.05) is 27.7 Å². The zero-order chi connectivity index (χ0) is 26.1. The van der Waals surface area contributed by atoms with Gasteiger partial charge in [-0.3, -0.25) is 4.79 Å². The Morgan fingerprint density at radius 1 is 1.14 bits per heavy atom. The number of carbonyl (C=O) groups excluding carboxylic acids is 1. The van der Waals surface area contributed by atoms with E-state index < -0.39 is 11.6 Å². The molecule has 1 saturated heterocycles. The van der Waals surface area contributed by atoms with Crippen LogP contribution in [0.3, 0.4) is 0 Å². The van der Waals surface area contributed by atoms with Gasteiger partial charge in [0.15, 0.2) is 0 Å². The van der Waals surface area contributed by atoms with Crippen LogP contribution in [0.1, 0.15) is 100 Å². The number of aliphatic hydroxyl groups is 1. The van der Waals surface area contributed by atoms with Gasteiger partial charge in [0.05, 0.1) is 30.6 Å². The van der Waals surface area contributed by atoms with Gasteiger partial charge in [-0.25, -0.2) is 4.79 Å². The first-order valence-electron chi connectivity index (χ1n) is 13.6. The lowest BCUT2D eigenvalue weighted by molar-refractivity contribution is -0.125. The molecule has 202 valence electrons. The Kier molecular flexibility index (Phi) is 8.49. The zero-order valence-electron chi connectivity index (χ0n) is 22.3. The van der Waals surface area contributed by atoms with E-state index in [1.54, 1.807) is 0 Å². The summed E-state index contributed by atoms with van der Waals surface area (Å²) in [6.07, 6.45) is 6.94. The highest BCUT2D eigenvalue weighted by atomic mass is 32.1. The molecule has 4 rings (SSSR count). The van der Waals surface area contributed by atoms with Crippen molar-refractivity contribution in [3.05, 3.63) is 15.8 Å². The Labute approximate surface area is 219 Å². The van der Waals surface area contributed by atoms with Crippen molar-refractivity contribution in [1.82, 2.24) is 0 Å². The number of aromatic carboxylic acids is 1. The van der Waals surface area contributed by atoms with E-state index in [1.165, 1.54) is 11.3 Å². The number of hydrogen-bond donors (Lipinski definition) is 2. The predicted molar refractivity (Wildman–Crippen MR) is 141 cm³/mol. The van der Waals surface area contributed by atoms with Crippen LogP contribution in [0.15, 0.2) is 6.07 Å². The van der Waals surface area contributed by atoms with Gasteiger partial charge in [-0.15, -0.1) is 11.3 Å². The van der Waals surface area contributed by atoms with Crippen LogP contribution in [0.2, 0.25) is 0 Å². The SMILES string of the molecule is CC(C)(C)c1cc(N(C(=O)[C@H]2CC[C@H](C)CC2)[C@H]2CC[C@@](O)(CO[C@H]3CCOC3)CC2)c(C(=O)O)s1. The molecule has 0 spiro atoms. The van der Waals surface area contributed by atoms with Crippen molar-refractivity contribution in [3.8, 4) is 0 Å². The molecule has 0 unspecified atom stereocenters. The Morgan fingerprint density at radius 2 is 1.81 bits per heavy atom. The van der Waals surface area contributed by atoms with Crippen molar-refractivity contribution in [3.63, 3.8) is 0 Å². The number of ether oxygens (including phenoxy) is 2. The first-order valence-corrected chi connectivity index (χ1v) is 14.4. The van der Waals surface area contributed by atoms with Crippen LogP contribution in [-0.4, -0.2) is 59.7 Å². The third kappa shape index (κ3) is 6.32. The van der Waals surface area contributed by atoms with Crippen LogP contribution in [-0.2, 0) is 19.7 Å². The number of hydrogen-bond acceptors (Lipinski definition) is 6. The molecule has 2 heterocycles. The van der Waals surface area contributed by atoms with Crippen LogP contribution in [0.4, 0.5) is 5.69 Å². The minimum Gasteiger partial charge on any atom is -0.477 e. The van der Waals surface area contributed by atoms with E-state index in [9.17, 15) is 19.8 Å². The largest absolute Gasteiger partial charge is 0.477 e. The molecule has 2 saturated carbocycles. The molecule has 1 aliphatic heterocycles. The molecule has 3 fully saturated rings. The number of thiophene rings is 1. The van der Waals surface area contributed by atoms with Crippen LogP contribution < -0.4 is 4.90 Å². The zero-order valence-corrected chi connectivity index (χ0v) is 23.1. The van der Waals surface area contributed by atoms with Crippen molar-refractivity contribution in [2.24, 2.45) is 11.8 Å². The summed E-state index contributed by atoms with van der Waals surface area (Å²) in [6.45, 7) is 9.99. The summed E-state index contributed by atoms with van der Waals surface area (Å²) in [5.74, 6) is -0.384. The molecular weight excluding hydrogens is 478 g/mol. The molecule has 8 heteroatoms. The predicted octanol–water partition coefficient (Wildman–Crippen LogP) is 5.38. The van der Waals surface area contributed by atoms with Crippen LogP contribution >= 0.6 is 11.3 Å². The highest BCUT2D eigenvalue weighted by molar-refractivity contribution is 7.14. The number of amides is 1. The Bertz CT molecular complexity index is 915. The number of nitrogens with zero attached hydrogens (tertiary/aromatic N) is 1.